The lowest BCUT2D eigenvalue weighted by Gasteiger charge is -2.15. The van der Waals surface area contributed by atoms with Crippen molar-refractivity contribution < 1.29 is 19.4 Å². The van der Waals surface area contributed by atoms with Crippen LogP contribution in [0.5, 0.6) is 17.2 Å². The van der Waals surface area contributed by atoms with Gasteiger partial charge in [0.25, 0.3) is 0 Å². The molecular formula is C11H15NO4. The molecule has 0 atom stereocenters. The minimum atomic E-state index is 0.305. The lowest BCUT2D eigenvalue weighted by molar-refractivity contribution is 0.159. The number of hydrogen-bond acceptors (Lipinski definition) is 5. The van der Waals surface area contributed by atoms with Gasteiger partial charge < -0.3 is 19.4 Å². The zero-order chi connectivity index (χ0) is 11.4. The molecule has 1 aliphatic heterocycles. The standard InChI is InChI=1S/C11H15NO4/c1-14-10-8(7-12-13)3-4-9-11(10)16-6-2-5-15-9/h3-4,12-13H,2,5-7H2,1H3. The molecule has 1 aliphatic rings. The van der Waals surface area contributed by atoms with Gasteiger partial charge in [0.2, 0.25) is 5.75 Å². The van der Waals surface area contributed by atoms with Gasteiger partial charge >= 0.3 is 0 Å². The molecule has 0 saturated carbocycles. The van der Waals surface area contributed by atoms with Gasteiger partial charge in [0.1, 0.15) is 0 Å². The number of methoxy groups -OCH3 is 1. The van der Waals surface area contributed by atoms with Crippen LogP contribution in [-0.2, 0) is 6.54 Å². The molecule has 0 aliphatic carbocycles. The van der Waals surface area contributed by atoms with Gasteiger partial charge in [-0.15, -0.1) is 0 Å². The van der Waals surface area contributed by atoms with E-state index >= 15 is 0 Å². The summed E-state index contributed by atoms with van der Waals surface area (Å²) in [5.74, 6) is 1.92. The second-order valence-electron chi connectivity index (χ2n) is 3.47. The van der Waals surface area contributed by atoms with E-state index in [4.69, 9.17) is 19.4 Å². The normalized spacial score (nSPS) is 14.4. The number of rotatable bonds is 3. The summed E-state index contributed by atoms with van der Waals surface area (Å²) in [4.78, 5) is 0. The molecule has 0 aromatic heterocycles. The molecule has 1 aromatic rings. The third-order valence-electron chi connectivity index (χ3n) is 2.42. The third kappa shape index (κ3) is 2.05. The second kappa shape index (κ2) is 5.05. The minimum Gasteiger partial charge on any atom is -0.492 e. The Bertz CT molecular complexity index is 367. The van der Waals surface area contributed by atoms with E-state index in [-0.39, 0.29) is 0 Å². The van der Waals surface area contributed by atoms with Crippen LogP contribution >= 0.6 is 0 Å². The highest BCUT2D eigenvalue weighted by Crippen LogP contribution is 2.41. The summed E-state index contributed by atoms with van der Waals surface area (Å²) in [6.45, 7) is 1.56. The monoisotopic (exact) mass is 225 g/mol. The molecule has 1 heterocycles. The van der Waals surface area contributed by atoms with Crippen LogP contribution in [0.15, 0.2) is 12.1 Å². The molecule has 0 spiro atoms. The fourth-order valence-electron chi connectivity index (χ4n) is 1.70. The first kappa shape index (κ1) is 11.0. The number of hydroxylamine groups is 1. The molecule has 2 rings (SSSR count). The van der Waals surface area contributed by atoms with E-state index in [0.717, 1.165) is 12.0 Å². The van der Waals surface area contributed by atoms with Crippen LogP contribution in [-0.4, -0.2) is 25.5 Å². The van der Waals surface area contributed by atoms with E-state index in [1.54, 1.807) is 7.11 Å². The first-order valence-corrected chi connectivity index (χ1v) is 5.19. The molecule has 0 amide bonds. The smallest absolute Gasteiger partial charge is 0.203 e. The molecule has 2 N–H and O–H groups in total. The van der Waals surface area contributed by atoms with Crippen LogP contribution in [0.3, 0.4) is 0 Å². The summed E-state index contributed by atoms with van der Waals surface area (Å²) in [6.07, 6.45) is 0.853. The van der Waals surface area contributed by atoms with Crippen LogP contribution in [0.1, 0.15) is 12.0 Å². The van der Waals surface area contributed by atoms with Gasteiger partial charge in [-0.2, -0.15) is 0 Å². The van der Waals surface area contributed by atoms with Crippen molar-refractivity contribution in [3.05, 3.63) is 17.7 Å². The Morgan fingerprint density at radius 2 is 2.19 bits per heavy atom. The fourth-order valence-corrected chi connectivity index (χ4v) is 1.70. The van der Waals surface area contributed by atoms with E-state index in [1.807, 2.05) is 12.1 Å². The molecule has 0 unspecified atom stereocenters. The minimum absolute atomic E-state index is 0.305. The maximum atomic E-state index is 8.72. The number of benzene rings is 1. The number of nitrogens with one attached hydrogen (secondary N) is 1. The Kier molecular flexibility index (Phi) is 3.48. The van der Waals surface area contributed by atoms with Crippen LogP contribution in [0, 0.1) is 0 Å². The number of ether oxygens (including phenoxy) is 3. The highest BCUT2D eigenvalue weighted by Gasteiger charge is 2.18. The average molecular weight is 225 g/mol. The summed E-state index contributed by atoms with van der Waals surface area (Å²) >= 11 is 0. The van der Waals surface area contributed by atoms with Crippen molar-refractivity contribution in [1.82, 2.24) is 5.48 Å². The predicted molar refractivity (Wildman–Crippen MR) is 57.2 cm³/mol. The quantitative estimate of drug-likeness (QED) is 0.760. The van der Waals surface area contributed by atoms with Crippen molar-refractivity contribution in [3.63, 3.8) is 0 Å². The van der Waals surface area contributed by atoms with Gasteiger partial charge in [0.15, 0.2) is 11.5 Å². The second-order valence-corrected chi connectivity index (χ2v) is 3.47. The number of hydrogen-bond donors (Lipinski definition) is 2. The molecule has 88 valence electrons. The van der Waals surface area contributed by atoms with Crippen molar-refractivity contribution >= 4 is 0 Å². The van der Waals surface area contributed by atoms with Gasteiger partial charge in [-0.25, -0.2) is 5.48 Å². The van der Waals surface area contributed by atoms with Crippen LogP contribution in [0.2, 0.25) is 0 Å². The largest absolute Gasteiger partial charge is 0.492 e. The van der Waals surface area contributed by atoms with Crippen LogP contribution in [0.25, 0.3) is 0 Å². The van der Waals surface area contributed by atoms with Gasteiger partial charge in [-0.05, 0) is 12.1 Å². The van der Waals surface area contributed by atoms with Crippen LogP contribution < -0.4 is 19.7 Å². The zero-order valence-corrected chi connectivity index (χ0v) is 9.16. The van der Waals surface area contributed by atoms with Crippen molar-refractivity contribution in [3.8, 4) is 17.2 Å². The van der Waals surface area contributed by atoms with Crippen molar-refractivity contribution in [1.29, 1.82) is 0 Å². The summed E-state index contributed by atoms with van der Waals surface area (Å²) in [5.41, 5.74) is 2.93. The Balaban J connectivity index is 2.41. The van der Waals surface area contributed by atoms with E-state index in [0.29, 0.717) is 37.0 Å². The molecule has 0 radical (unpaired) electrons. The SMILES string of the molecule is COc1c(CNO)ccc2c1OCCCO2. The Labute approximate surface area is 93.9 Å². The first-order chi connectivity index (χ1) is 7.86. The highest BCUT2D eigenvalue weighted by molar-refractivity contribution is 5.56. The Morgan fingerprint density at radius 3 is 2.94 bits per heavy atom. The molecule has 0 saturated heterocycles. The summed E-state index contributed by atoms with van der Waals surface area (Å²) in [7, 11) is 1.57. The number of fused-ring (bicyclic) bond motifs is 1. The van der Waals surface area contributed by atoms with Gasteiger partial charge in [0, 0.05) is 18.5 Å². The Hall–Kier alpha value is -1.46. The summed E-state index contributed by atoms with van der Waals surface area (Å²) < 4.78 is 16.4. The topological polar surface area (TPSA) is 60.0 Å². The molecule has 5 heteroatoms. The molecular weight excluding hydrogens is 210 g/mol. The molecule has 1 aromatic carbocycles. The van der Waals surface area contributed by atoms with E-state index in [9.17, 15) is 0 Å². The lowest BCUT2D eigenvalue weighted by Crippen LogP contribution is -2.08. The zero-order valence-electron chi connectivity index (χ0n) is 9.16. The van der Waals surface area contributed by atoms with Crippen molar-refractivity contribution in [2.75, 3.05) is 20.3 Å². The lowest BCUT2D eigenvalue weighted by atomic mass is 10.1. The summed E-state index contributed by atoms with van der Waals surface area (Å²) in [5, 5.41) is 8.72. The maximum absolute atomic E-state index is 8.72. The van der Waals surface area contributed by atoms with Gasteiger partial charge in [0.05, 0.1) is 20.3 Å². The predicted octanol–water partition coefficient (Wildman–Crippen LogP) is 1.34. The van der Waals surface area contributed by atoms with E-state index < -0.39 is 0 Å². The van der Waals surface area contributed by atoms with E-state index in [2.05, 4.69) is 5.48 Å². The fraction of sp³-hybridized carbons (Fsp3) is 0.455. The maximum Gasteiger partial charge on any atom is 0.203 e. The first-order valence-electron chi connectivity index (χ1n) is 5.19. The Morgan fingerprint density at radius 1 is 1.38 bits per heavy atom. The molecule has 0 fully saturated rings. The van der Waals surface area contributed by atoms with Gasteiger partial charge in [-0.3, -0.25) is 0 Å². The summed E-state index contributed by atoms with van der Waals surface area (Å²) in [6, 6.07) is 3.67. The highest BCUT2D eigenvalue weighted by atomic mass is 16.5. The molecule has 16 heavy (non-hydrogen) atoms. The molecule has 0 bridgehead atoms. The van der Waals surface area contributed by atoms with Crippen LogP contribution in [0.4, 0.5) is 0 Å². The third-order valence-corrected chi connectivity index (χ3v) is 2.42. The van der Waals surface area contributed by atoms with Crippen molar-refractivity contribution in [2.24, 2.45) is 0 Å². The van der Waals surface area contributed by atoms with Gasteiger partial charge in [-0.1, -0.05) is 0 Å². The van der Waals surface area contributed by atoms with Crippen molar-refractivity contribution in [2.45, 2.75) is 13.0 Å². The average Bonchev–Trinajstić information content (AvgIpc) is 2.54. The van der Waals surface area contributed by atoms with E-state index in [1.165, 1.54) is 0 Å². The molecule has 5 nitrogen and oxygen atoms in total.